The number of aliphatic hydroxyl groups is 1. The van der Waals surface area contributed by atoms with Gasteiger partial charge >= 0.3 is 29.6 Å². The van der Waals surface area contributed by atoms with Crippen molar-refractivity contribution in [3.8, 4) is 5.88 Å². The van der Waals surface area contributed by atoms with Crippen molar-refractivity contribution in [2.45, 2.75) is 25.2 Å². The Morgan fingerprint density at radius 2 is 2.22 bits per heavy atom. The Hall–Kier alpha value is -0.730. The van der Waals surface area contributed by atoms with Gasteiger partial charge in [-0.05, 0) is 12.8 Å². The SMILES string of the molecule is [Na+].[O-]c1ncnc2c1ncn2[C@H]1CC[C@@H](CO)O1. The van der Waals surface area contributed by atoms with Gasteiger partial charge in [0.2, 0.25) is 0 Å². The summed E-state index contributed by atoms with van der Waals surface area (Å²) in [7, 11) is 0. The largest absolute Gasteiger partial charge is 1.00 e. The molecular weight excluding hydrogens is 247 g/mol. The van der Waals surface area contributed by atoms with E-state index in [4.69, 9.17) is 9.84 Å². The van der Waals surface area contributed by atoms with E-state index in [9.17, 15) is 5.11 Å². The van der Waals surface area contributed by atoms with Crippen LogP contribution < -0.4 is 34.7 Å². The fourth-order valence-electron chi connectivity index (χ4n) is 2.07. The van der Waals surface area contributed by atoms with Gasteiger partial charge in [-0.15, -0.1) is 0 Å². The smallest absolute Gasteiger partial charge is 0.857 e. The van der Waals surface area contributed by atoms with Crippen LogP contribution in [0.15, 0.2) is 12.7 Å². The maximum atomic E-state index is 11.4. The molecule has 0 amide bonds. The van der Waals surface area contributed by atoms with Gasteiger partial charge in [0.15, 0.2) is 5.65 Å². The molecular formula is C10H11N4NaO3. The average molecular weight is 258 g/mol. The van der Waals surface area contributed by atoms with Gasteiger partial charge in [-0.25, -0.2) is 9.97 Å². The van der Waals surface area contributed by atoms with E-state index in [1.807, 2.05) is 0 Å². The third-order valence-corrected chi connectivity index (χ3v) is 2.92. The Balaban J connectivity index is 0.00000120. The summed E-state index contributed by atoms with van der Waals surface area (Å²) in [5.41, 5.74) is 0.733. The molecule has 7 nitrogen and oxygen atoms in total. The van der Waals surface area contributed by atoms with Gasteiger partial charge < -0.3 is 14.9 Å². The van der Waals surface area contributed by atoms with E-state index in [1.165, 1.54) is 12.7 Å². The number of aliphatic hydroxyl groups excluding tert-OH is 1. The van der Waals surface area contributed by atoms with Crippen LogP contribution in [-0.4, -0.2) is 37.3 Å². The first kappa shape index (κ1) is 13.7. The van der Waals surface area contributed by atoms with Crippen LogP contribution >= 0.6 is 0 Å². The molecule has 2 aromatic rings. The van der Waals surface area contributed by atoms with Gasteiger partial charge in [0.05, 0.1) is 19.0 Å². The molecule has 0 unspecified atom stereocenters. The molecule has 8 heteroatoms. The summed E-state index contributed by atoms with van der Waals surface area (Å²) in [4.78, 5) is 11.6. The van der Waals surface area contributed by atoms with Crippen molar-refractivity contribution in [1.82, 2.24) is 19.5 Å². The molecule has 1 fully saturated rings. The second kappa shape index (κ2) is 5.50. The van der Waals surface area contributed by atoms with Crippen molar-refractivity contribution >= 4 is 11.2 Å². The van der Waals surface area contributed by atoms with Gasteiger partial charge in [0.1, 0.15) is 18.1 Å². The van der Waals surface area contributed by atoms with Crippen LogP contribution in [0.4, 0.5) is 0 Å². The molecule has 0 aliphatic carbocycles. The first-order valence-electron chi connectivity index (χ1n) is 5.40. The second-order valence-corrected chi connectivity index (χ2v) is 3.98. The minimum atomic E-state index is -0.384. The fraction of sp³-hybridized carbons (Fsp3) is 0.500. The minimum Gasteiger partial charge on any atom is -0.857 e. The number of ether oxygens (including phenoxy) is 1. The predicted molar refractivity (Wildman–Crippen MR) is 55.0 cm³/mol. The molecule has 1 N–H and O–H groups in total. The van der Waals surface area contributed by atoms with Crippen LogP contribution in [0, 0.1) is 0 Å². The molecule has 1 aliphatic rings. The molecule has 3 rings (SSSR count). The van der Waals surface area contributed by atoms with E-state index in [2.05, 4.69) is 15.0 Å². The second-order valence-electron chi connectivity index (χ2n) is 3.98. The predicted octanol–water partition coefficient (Wildman–Crippen LogP) is -3.43. The van der Waals surface area contributed by atoms with E-state index >= 15 is 0 Å². The van der Waals surface area contributed by atoms with Crippen LogP contribution in [0.2, 0.25) is 0 Å². The maximum absolute atomic E-state index is 11.4. The fourth-order valence-corrected chi connectivity index (χ4v) is 2.07. The third kappa shape index (κ3) is 2.24. The van der Waals surface area contributed by atoms with E-state index in [-0.39, 0.29) is 59.9 Å². The van der Waals surface area contributed by atoms with Crippen LogP contribution in [0.25, 0.3) is 11.2 Å². The monoisotopic (exact) mass is 258 g/mol. The van der Waals surface area contributed by atoms with Crippen LogP contribution in [0.5, 0.6) is 5.88 Å². The van der Waals surface area contributed by atoms with Crippen molar-refractivity contribution < 1.29 is 44.5 Å². The molecule has 0 bridgehead atoms. The zero-order valence-electron chi connectivity index (χ0n) is 9.98. The van der Waals surface area contributed by atoms with Crippen molar-refractivity contribution in [2.75, 3.05) is 6.61 Å². The van der Waals surface area contributed by atoms with Crippen LogP contribution in [0.3, 0.4) is 0 Å². The molecule has 0 radical (unpaired) electrons. The number of nitrogens with zero attached hydrogens (tertiary/aromatic N) is 4. The van der Waals surface area contributed by atoms with Crippen molar-refractivity contribution in [2.24, 2.45) is 0 Å². The number of fused-ring (bicyclic) bond motifs is 1. The van der Waals surface area contributed by atoms with Crippen molar-refractivity contribution in [3.05, 3.63) is 12.7 Å². The maximum Gasteiger partial charge on any atom is 1.00 e. The Bertz CT molecular complexity index is 547. The van der Waals surface area contributed by atoms with E-state index < -0.39 is 0 Å². The summed E-state index contributed by atoms with van der Waals surface area (Å²) >= 11 is 0. The normalized spacial score (nSPS) is 23.2. The molecule has 0 aromatic carbocycles. The van der Waals surface area contributed by atoms with Crippen molar-refractivity contribution in [3.63, 3.8) is 0 Å². The zero-order valence-corrected chi connectivity index (χ0v) is 12.0. The van der Waals surface area contributed by atoms with Gasteiger partial charge in [0, 0.05) is 5.88 Å². The number of hydrogen-bond acceptors (Lipinski definition) is 6. The molecule has 0 saturated carbocycles. The minimum absolute atomic E-state index is 0. The number of hydrogen-bond donors (Lipinski definition) is 1. The Kier molecular flexibility index (Phi) is 4.18. The van der Waals surface area contributed by atoms with Gasteiger partial charge in [-0.3, -0.25) is 9.55 Å². The molecule has 2 aromatic heterocycles. The molecule has 2 atom stereocenters. The molecule has 18 heavy (non-hydrogen) atoms. The van der Waals surface area contributed by atoms with E-state index in [0.29, 0.717) is 5.65 Å². The molecule has 1 aliphatic heterocycles. The Morgan fingerprint density at radius 1 is 1.39 bits per heavy atom. The number of imidazole rings is 1. The van der Waals surface area contributed by atoms with Crippen LogP contribution in [-0.2, 0) is 4.74 Å². The topological polar surface area (TPSA) is 96.1 Å². The Labute approximate surface area is 125 Å². The van der Waals surface area contributed by atoms with E-state index in [0.717, 1.165) is 12.8 Å². The summed E-state index contributed by atoms with van der Waals surface area (Å²) in [6.45, 7) is 0.00488. The summed E-state index contributed by atoms with van der Waals surface area (Å²) < 4.78 is 7.33. The van der Waals surface area contributed by atoms with Crippen molar-refractivity contribution in [1.29, 1.82) is 0 Å². The van der Waals surface area contributed by atoms with E-state index in [1.54, 1.807) is 4.57 Å². The molecule has 90 valence electrons. The quantitative estimate of drug-likeness (QED) is 0.563. The molecule has 1 saturated heterocycles. The summed E-state index contributed by atoms with van der Waals surface area (Å²) in [5.74, 6) is -0.384. The third-order valence-electron chi connectivity index (χ3n) is 2.92. The molecule has 3 heterocycles. The average Bonchev–Trinajstić information content (AvgIpc) is 2.94. The first-order chi connectivity index (χ1) is 8.29. The van der Waals surface area contributed by atoms with Gasteiger partial charge in [-0.2, -0.15) is 0 Å². The first-order valence-corrected chi connectivity index (χ1v) is 5.40. The summed E-state index contributed by atoms with van der Waals surface area (Å²) in [6, 6.07) is 0. The number of aromatic nitrogens is 4. The van der Waals surface area contributed by atoms with Gasteiger partial charge in [0.25, 0.3) is 0 Å². The summed E-state index contributed by atoms with van der Waals surface area (Å²) in [6.07, 6.45) is 3.95. The number of rotatable bonds is 2. The van der Waals surface area contributed by atoms with Crippen LogP contribution in [0.1, 0.15) is 19.1 Å². The summed E-state index contributed by atoms with van der Waals surface area (Å²) in [5, 5.41) is 20.4. The molecule has 0 spiro atoms. The standard InChI is InChI=1S/C10H12N4O3.Na/c15-3-6-1-2-7(17-6)14-5-13-8-9(14)11-4-12-10(8)16;/h4-7,15H,1-3H2,(H,11,12,16);/q;+1/p-1/t6-,7+;/m0./s1. The zero-order chi connectivity index (χ0) is 11.8. The van der Waals surface area contributed by atoms with Gasteiger partial charge in [-0.1, -0.05) is 0 Å². The Morgan fingerprint density at radius 3 is 2.94 bits per heavy atom.